The van der Waals surface area contributed by atoms with E-state index < -0.39 is 5.97 Å². The van der Waals surface area contributed by atoms with E-state index in [0.717, 1.165) is 12.8 Å². The lowest BCUT2D eigenvalue weighted by Gasteiger charge is -2.30. The molecule has 0 aromatic rings. The second-order valence-electron chi connectivity index (χ2n) is 4.13. The molecule has 0 spiro atoms. The lowest BCUT2D eigenvalue weighted by Crippen LogP contribution is -2.42. The first-order valence-corrected chi connectivity index (χ1v) is 5.17. The van der Waals surface area contributed by atoms with Gasteiger partial charge in [0.05, 0.1) is 12.5 Å². The van der Waals surface area contributed by atoms with Crippen LogP contribution in [0.15, 0.2) is 0 Å². The van der Waals surface area contributed by atoms with Gasteiger partial charge in [0.2, 0.25) is 0 Å². The van der Waals surface area contributed by atoms with Gasteiger partial charge in [-0.05, 0) is 12.8 Å². The van der Waals surface area contributed by atoms with E-state index in [1.54, 1.807) is 0 Å². The Morgan fingerprint density at radius 2 is 2.36 bits per heavy atom. The van der Waals surface area contributed by atoms with E-state index in [-0.39, 0.29) is 12.5 Å². The Kier molecular flexibility index (Phi) is 4.35. The molecular formula is C10H19NO3. The molecule has 1 aliphatic rings. The van der Waals surface area contributed by atoms with Gasteiger partial charge in [-0.2, -0.15) is 0 Å². The van der Waals surface area contributed by atoms with Gasteiger partial charge in [-0.1, -0.05) is 13.8 Å². The third kappa shape index (κ3) is 4.07. The molecule has 4 nitrogen and oxygen atoms in total. The molecule has 0 bridgehead atoms. The van der Waals surface area contributed by atoms with E-state index in [1.165, 1.54) is 0 Å². The van der Waals surface area contributed by atoms with Crippen LogP contribution in [0.5, 0.6) is 0 Å². The van der Waals surface area contributed by atoms with E-state index in [1.807, 2.05) is 0 Å². The number of ether oxygens (including phenoxy) is 1. The molecule has 4 heteroatoms. The molecule has 14 heavy (non-hydrogen) atoms. The van der Waals surface area contributed by atoms with E-state index in [0.29, 0.717) is 18.7 Å². The van der Waals surface area contributed by atoms with Gasteiger partial charge in [0.15, 0.2) is 0 Å². The third-order valence-electron chi connectivity index (χ3n) is 2.34. The second-order valence-corrected chi connectivity index (χ2v) is 4.13. The Balaban J connectivity index is 2.32. The smallest absolute Gasteiger partial charge is 0.305 e. The number of carboxylic acid groups (broad SMARTS) is 1. The zero-order chi connectivity index (χ0) is 10.6. The number of hydrogen-bond donors (Lipinski definition) is 2. The maximum absolute atomic E-state index is 10.5. The summed E-state index contributed by atoms with van der Waals surface area (Å²) < 4.78 is 5.38. The minimum Gasteiger partial charge on any atom is -0.481 e. The summed E-state index contributed by atoms with van der Waals surface area (Å²) in [6, 6.07) is 0.858. The van der Waals surface area contributed by atoms with Crippen LogP contribution < -0.4 is 5.32 Å². The van der Waals surface area contributed by atoms with E-state index in [9.17, 15) is 4.79 Å². The summed E-state index contributed by atoms with van der Waals surface area (Å²) in [5.74, 6) is -0.778. The average molecular weight is 201 g/mol. The topological polar surface area (TPSA) is 58.6 Å². The van der Waals surface area contributed by atoms with E-state index in [2.05, 4.69) is 19.2 Å². The Labute approximate surface area is 84.6 Å². The quantitative estimate of drug-likeness (QED) is 0.712. The van der Waals surface area contributed by atoms with Crippen LogP contribution in [0.1, 0.15) is 33.1 Å². The van der Waals surface area contributed by atoms with Crippen LogP contribution in [0, 0.1) is 0 Å². The van der Waals surface area contributed by atoms with Crippen molar-refractivity contribution in [3.63, 3.8) is 0 Å². The fourth-order valence-corrected chi connectivity index (χ4v) is 1.84. The van der Waals surface area contributed by atoms with Crippen molar-refractivity contribution in [3.05, 3.63) is 0 Å². The summed E-state index contributed by atoms with van der Waals surface area (Å²) in [6.07, 6.45) is 1.80. The predicted molar refractivity (Wildman–Crippen MR) is 53.3 cm³/mol. The van der Waals surface area contributed by atoms with Crippen LogP contribution in [-0.2, 0) is 9.53 Å². The standard InChI is InChI=1S/C10H19NO3/c1-7(2)11-8-3-4-14-9(5-8)6-10(12)13/h7-9,11H,3-6H2,1-2H3,(H,12,13). The second kappa shape index (κ2) is 5.32. The van der Waals surface area contributed by atoms with E-state index in [4.69, 9.17) is 9.84 Å². The molecular weight excluding hydrogens is 182 g/mol. The van der Waals surface area contributed by atoms with Gasteiger partial charge in [-0.15, -0.1) is 0 Å². The molecule has 0 amide bonds. The van der Waals surface area contributed by atoms with Gasteiger partial charge in [0.25, 0.3) is 0 Å². The number of hydrogen-bond acceptors (Lipinski definition) is 3. The van der Waals surface area contributed by atoms with Crippen LogP contribution in [0.4, 0.5) is 0 Å². The van der Waals surface area contributed by atoms with Crippen molar-refractivity contribution in [2.45, 2.75) is 51.3 Å². The Morgan fingerprint density at radius 1 is 1.64 bits per heavy atom. The maximum atomic E-state index is 10.5. The molecule has 0 radical (unpaired) electrons. The summed E-state index contributed by atoms with van der Waals surface area (Å²) in [6.45, 7) is 4.87. The largest absolute Gasteiger partial charge is 0.481 e. The Hall–Kier alpha value is -0.610. The third-order valence-corrected chi connectivity index (χ3v) is 2.34. The average Bonchev–Trinajstić information content (AvgIpc) is 2.01. The van der Waals surface area contributed by atoms with Crippen molar-refractivity contribution in [1.29, 1.82) is 0 Å². The van der Waals surface area contributed by atoms with Crippen LogP contribution >= 0.6 is 0 Å². The number of rotatable bonds is 4. The molecule has 2 N–H and O–H groups in total. The van der Waals surface area contributed by atoms with Crippen LogP contribution in [-0.4, -0.2) is 35.9 Å². The summed E-state index contributed by atoms with van der Waals surface area (Å²) in [5, 5.41) is 12.0. The van der Waals surface area contributed by atoms with Gasteiger partial charge in [0, 0.05) is 18.7 Å². The van der Waals surface area contributed by atoms with Crippen molar-refractivity contribution in [2.75, 3.05) is 6.61 Å². The first-order valence-electron chi connectivity index (χ1n) is 5.17. The fraction of sp³-hybridized carbons (Fsp3) is 0.900. The SMILES string of the molecule is CC(C)NC1CCOC(CC(=O)O)C1. The Bertz CT molecular complexity index is 194. The molecule has 2 unspecified atom stereocenters. The highest BCUT2D eigenvalue weighted by molar-refractivity contribution is 5.67. The summed E-state index contributed by atoms with van der Waals surface area (Å²) in [4.78, 5) is 10.5. The normalized spacial score (nSPS) is 27.9. The zero-order valence-corrected chi connectivity index (χ0v) is 8.82. The lowest BCUT2D eigenvalue weighted by atomic mass is 10.0. The molecule has 0 aliphatic carbocycles. The summed E-state index contributed by atoms with van der Waals surface area (Å²) in [5.41, 5.74) is 0. The number of aliphatic carboxylic acids is 1. The van der Waals surface area contributed by atoms with Crippen molar-refractivity contribution in [3.8, 4) is 0 Å². The molecule has 0 aromatic heterocycles. The Morgan fingerprint density at radius 3 is 2.93 bits per heavy atom. The predicted octanol–water partition coefficient (Wildman–Crippen LogP) is 1.01. The summed E-state index contributed by atoms with van der Waals surface area (Å²) in [7, 11) is 0. The van der Waals surface area contributed by atoms with Crippen LogP contribution in [0.2, 0.25) is 0 Å². The molecule has 82 valence electrons. The minimum absolute atomic E-state index is 0.113. The van der Waals surface area contributed by atoms with Crippen molar-refractivity contribution >= 4 is 5.97 Å². The molecule has 1 heterocycles. The van der Waals surface area contributed by atoms with Gasteiger partial charge < -0.3 is 15.2 Å². The molecule has 1 rings (SSSR count). The van der Waals surface area contributed by atoms with Gasteiger partial charge in [0.1, 0.15) is 0 Å². The lowest BCUT2D eigenvalue weighted by molar-refractivity contribution is -0.141. The van der Waals surface area contributed by atoms with Crippen molar-refractivity contribution in [1.82, 2.24) is 5.32 Å². The number of nitrogens with one attached hydrogen (secondary N) is 1. The monoisotopic (exact) mass is 201 g/mol. The first kappa shape index (κ1) is 11.5. The number of carboxylic acids is 1. The fourth-order valence-electron chi connectivity index (χ4n) is 1.84. The van der Waals surface area contributed by atoms with Gasteiger partial charge in [-0.3, -0.25) is 4.79 Å². The highest BCUT2D eigenvalue weighted by atomic mass is 16.5. The molecule has 1 aliphatic heterocycles. The zero-order valence-electron chi connectivity index (χ0n) is 8.82. The first-order chi connectivity index (χ1) is 6.58. The summed E-state index contributed by atoms with van der Waals surface area (Å²) >= 11 is 0. The highest BCUT2D eigenvalue weighted by Gasteiger charge is 2.24. The van der Waals surface area contributed by atoms with Crippen molar-refractivity contribution < 1.29 is 14.6 Å². The van der Waals surface area contributed by atoms with Gasteiger partial charge >= 0.3 is 5.97 Å². The molecule has 0 aromatic carbocycles. The minimum atomic E-state index is -0.778. The molecule has 1 saturated heterocycles. The van der Waals surface area contributed by atoms with E-state index >= 15 is 0 Å². The molecule has 1 fully saturated rings. The number of carbonyl (C=O) groups is 1. The van der Waals surface area contributed by atoms with Crippen LogP contribution in [0.3, 0.4) is 0 Å². The van der Waals surface area contributed by atoms with Crippen molar-refractivity contribution in [2.24, 2.45) is 0 Å². The maximum Gasteiger partial charge on any atom is 0.305 e. The highest BCUT2D eigenvalue weighted by Crippen LogP contribution is 2.16. The van der Waals surface area contributed by atoms with Gasteiger partial charge in [-0.25, -0.2) is 0 Å². The van der Waals surface area contributed by atoms with Crippen LogP contribution in [0.25, 0.3) is 0 Å². The molecule has 2 atom stereocenters. The molecule has 0 saturated carbocycles.